The molecule has 18 heavy (non-hydrogen) atoms. The number of hydrogen-bond donors (Lipinski definition) is 2. The smallest absolute Gasteiger partial charge is 0.235 e. The van der Waals surface area contributed by atoms with Gasteiger partial charge in [-0.3, -0.25) is 4.79 Å². The van der Waals surface area contributed by atoms with Crippen LogP contribution >= 0.6 is 0 Å². The molecule has 0 aromatic heterocycles. The summed E-state index contributed by atoms with van der Waals surface area (Å²) in [5.41, 5.74) is 5.89. The molecule has 0 aromatic rings. The zero-order chi connectivity index (χ0) is 14.3. The van der Waals surface area contributed by atoms with E-state index in [9.17, 15) is 13.2 Å². The molecule has 0 saturated heterocycles. The van der Waals surface area contributed by atoms with Gasteiger partial charge in [0.15, 0.2) is 9.84 Å². The Morgan fingerprint density at radius 3 is 2.22 bits per heavy atom. The summed E-state index contributed by atoms with van der Waals surface area (Å²) in [5, 5.41) is 1.96. The van der Waals surface area contributed by atoms with Crippen molar-refractivity contribution in [1.29, 1.82) is 0 Å². The van der Waals surface area contributed by atoms with Gasteiger partial charge in [-0.15, -0.1) is 0 Å². The molecule has 0 bridgehead atoms. The monoisotopic (exact) mass is 278 g/mol. The Kier molecular flexibility index (Phi) is 7.47. The van der Waals surface area contributed by atoms with Crippen LogP contribution in [0, 0.1) is 0 Å². The lowest BCUT2D eigenvalue weighted by molar-refractivity contribution is -0.119. The molecule has 0 saturated carbocycles. The Morgan fingerprint density at radius 1 is 1.28 bits per heavy atom. The Hall–Kier alpha value is -0.620. The van der Waals surface area contributed by atoms with Gasteiger partial charge in [-0.2, -0.15) is 0 Å². The minimum Gasteiger partial charge on any atom is -0.353 e. The fourth-order valence-corrected chi connectivity index (χ4v) is 3.84. The van der Waals surface area contributed by atoms with Crippen molar-refractivity contribution < 1.29 is 13.2 Å². The second kappa shape index (κ2) is 7.74. The summed E-state index contributed by atoms with van der Waals surface area (Å²) in [6, 6.07) is -0.450. The van der Waals surface area contributed by atoms with Crippen molar-refractivity contribution in [3.8, 4) is 0 Å². The Morgan fingerprint density at radius 2 is 1.83 bits per heavy atom. The van der Waals surface area contributed by atoms with E-state index in [4.69, 9.17) is 5.73 Å². The van der Waals surface area contributed by atoms with Crippen LogP contribution in [0.4, 0.5) is 0 Å². The average Bonchev–Trinajstić information content (AvgIpc) is 2.15. The molecular formula is C12H26N2O3S. The van der Waals surface area contributed by atoms with E-state index in [1.807, 2.05) is 6.92 Å². The predicted octanol–water partition coefficient (Wildman–Crippen LogP) is 0.832. The lowest BCUT2D eigenvalue weighted by Crippen LogP contribution is -2.44. The average molecular weight is 278 g/mol. The molecule has 1 amide bonds. The maximum absolute atomic E-state index is 12.1. The molecule has 0 fully saturated rings. The fraction of sp³-hybridized carbons (Fsp3) is 0.917. The van der Waals surface area contributed by atoms with Crippen LogP contribution in [0.15, 0.2) is 0 Å². The van der Waals surface area contributed by atoms with Crippen molar-refractivity contribution >= 4 is 15.7 Å². The normalized spacial score (nSPS) is 15.4. The molecule has 3 N–H and O–H groups in total. The first-order chi connectivity index (χ1) is 8.24. The number of hydrogen-bond acceptors (Lipinski definition) is 4. The Bertz CT molecular complexity index is 352. The standard InChI is InChI=1S/C12H26N2O3S/c1-5-7-10(13)11(6-2)18(16,17)8-12(15)14-9(3)4/h9-11H,5-8,13H2,1-4H3,(H,14,15). The maximum Gasteiger partial charge on any atom is 0.235 e. The maximum atomic E-state index is 12.1. The number of carbonyl (C=O) groups excluding carboxylic acids is 1. The highest BCUT2D eigenvalue weighted by molar-refractivity contribution is 7.92. The minimum atomic E-state index is -3.48. The lowest BCUT2D eigenvalue weighted by Gasteiger charge is -2.22. The van der Waals surface area contributed by atoms with E-state index in [2.05, 4.69) is 5.32 Å². The number of nitrogens with two attached hydrogens (primary N) is 1. The molecule has 2 atom stereocenters. The molecule has 0 rings (SSSR count). The van der Waals surface area contributed by atoms with E-state index in [0.717, 1.165) is 6.42 Å². The quantitative estimate of drug-likeness (QED) is 0.688. The first-order valence-electron chi connectivity index (χ1n) is 6.51. The zero-order valence-corrected chi connectivity index (χ0v) is 12.6. The van der Waals surface area contributed by atoms with Crippen molar-refractivity contribution in [2.45, 2.75) is 64.3 Å². The molecule has 0 aliphatic rings. The van der Waals surface area contributed by atoms with Gasteiger partial charge in [0.25, 0.3) is 0 Å². The predicted molar refractivity (Wildman–Crippen MR) is 74.0 cm³/mol. The molecular weight excluding hydrogens is 252 g/mol. The van der Waals surface area contributed by atoms with Gasteiger partial charge >= 0.3 is 0 Å². The third-order valence-electron chi connectivity index (χ3n) is 2.75. The topological polar surface area (TPSA) is 89.3 Å². The molecule has 0 aliphatic heterocycles. The van der Waals surface area contributed by atoms with Crippen LogP contribution in [0.2, 0.25) is 0 Å². The number of nitrogens with one attached hydrogen (secondary N) is 1. The van der Waals surface area contributed by atoms with Crippen LogP contribution in [0.1, 0.15) is 47.0 Å². The molecule has 5 nitrogen and oxygen atoms in total. The van der Waals surface area contributed by atoms with E-state index in [0.29, 0.717) is 12.8 Å². The van der Waals surface area contributed by atoms with Crippen molar-refractivity contribution in [1.82, 2.24) is 5.32 Å². The molecule has 108 valence electrons. The molecule has 0 radical (unpaired) electrons. The zero-order valence-electron chi connectivity index (χ0n) is 11.8. The van der Waals surface area contributed by atoms with Gasteiger partial charge < -0.3 is 11.1 Å². The van der Waals surface area contributed by atoms with Gasteiger partial charge in [0.05, 0.1) is 5.25 Å². The number of sulfone groups is 1. The summed E-state index contributed by atoms with van der Waals surface area (Å²) in [4.78, 5) is 11.5. The molecule has 0 aliphatic carbocycles. The molecule has 0 aromatic carbocycles. The van der Waals surface area contributed by atoms with Crippen LogP contribution < -0.4 is 11.1 Å². The number of amides is 1. The Labute approximate surface area is 110 Å². The third kappa shape index (κ3) is 5.82. The summed E-state index contributed by atoms with van der Waals surface area (Å²) >= 11 is 0. The van der Waals surface area contributed by atoms with Gasteiger partial charge in [0.2, 0.25) is 5.91 Å². The lowest BCUT2D eigenvalue weighted by atomic mass is 10.1. The van der Waals surface area contributed by atoms with Crippen molar-refractivity contribution in [3.05, 3.63) is 0 Å². The molecule has 0 heterocycles. The summed E-state index contributed by atoms with van der Waals surface area (Å²) in [6.45, 7) is 7.35. The Balaban J connectivity index is 4.72. The molecule has 0 spiro atoms. The summed E-state index contributed by atoms with van der Waals surface area (Å²) < 4.78 is 24.3. The minimum absolute atomic E-state index is 0.0582. The number of rotatable bonds is 8. The largest absolute Gasteiger partial charge is 0.353 e. The first-order valence-corrected chi connectivity index (χ1v) is 8.22. The SMILES string of the molecule is CCCC(N)C(CC)S(=O)(=O)CC(=O)NC(C)C. The van der Waals surface area contributed by atoms with Gasteiger partial charge in [-0.05, 0) is 26.7 Å². The van der Waals surface area contributed by atoms with E-state index < -0.39 is 32.8 Å². The fourth-order valence-electron chi connectivity index (χ4n) is 2.00. The summed E-state index contributed by atoms with van der Waals surface area (Å²) in [5.74, 6) is -0.923. The third-order valence-corrected chi connectivity index (χ3v) is 5.02. The van der Waals surface area contributed by atoms with Gasteiger partial charge in [-0.25, -0.2) is 8.42 Å². The van der Waals surface area contributed by atoms with Crippen molar-refractivity contribution in [2.24, 2.45) is 5.73 Å². The number of carbonyl (C=O) groups is 1. The van der Waals surface area contributed by atoms with Crippen LogP contribution in [-0.4, -0.2) is 37.4 Å². The van der Waals surface area contributed by atoms with Crippen molar-refractivity contribution in [2.75, 3.05) is 5.75 Å². The second-order valence-corrected chi connectivity index (χ2v) is 7.15. The van der Waals surface area contributed by atoms with E-state index in [1.165, 1.54) is 0 Å². The first kappa shape index (κ1) is 17.4. The van der Waals surface area contributed by atoms with E-state index >= 15 is 0 Å². The molecule has 6 heteroatoms. The van der Waals surface area contributed by atoms with Crippen LogP contribution in [0.5, 0.6) is 0 Å². The van der Waals surface area contributed by atoms with Crippen molar-refractivity contribution in [3.63, 3.8) is 0 Å². The van der Waals surface area contributed by atoms with Crippen LogP contribution in [0.3, 0.4) is 0 Å². The van der Waals surface area contributed by atoms with Gasteiger partial charge in [-0.1, -0.05) is 20.3 Å². The van der Waals surface area contributed by atoms with Crippen LogP contribution in [-0.2, 0) is 14.6 Å². The highest BCUT2D eigenvalue weighted by Gasteiger charge is 2.31. The summed E-state index contributed by atoms with van der Waals surface area (Å²) in [6.07, 6.45) is 1.94. The van der Waals surface area contributed by atoms with E-state index in [-0.39, 0.29) is 6.04 Å². The van der Waals surface area contributed by atoms with Crippen LogP contribution in [0.25, 0.3) is 0 Å². The van der Waals surface area contributed by atoms with E-state index in [1.54, 1.807) is 20.8 Å². The van der Waals surface area contributed by atoms with Gasteiger partial charge in [0.1, 0.15) is 5.75 Å². The highest BCUT2D eigenvalue weighted by atomic mass is 32.2. The summed E-state index contributed by atoms with van der Waals surface area (Å²) in [7, 11) is -3.48. The highest BCUT2D eigenvalue weighted by Crippen LogP contribution is 2.14. The molecule has 2 unspecified atom stereocenters. The van der Waals surface area contributed by atoms with Gasteiger partial charge in [0, 0.05) is 12.1 Å². The second-order valence-electron chi connectivity index (χ2n) is 4.93.